The zero-order chi connectivity index (χ0) is 11.9. The lowest BCUT2D eigenvalue weighted by atomic mass is 10.5. The van der Waals surface area contributed by atoms with Crippen LogP contribution in [-0.2, 0) is 4.43 Å². The Morgan fingerprint density at radius 3 is 1.93 bits per heavy atom. The molecule has 0 amide bonds. The standard InChI is InChI=1S/C11H28N2OSi/c1-12(2)8-7-11-15(5,6)14-10-9-13(3)4/h7-11H2,1-6H3. The van der Waals surface area contributed by atoms with Crippen LogP contribution in [0.3, 0.4) is 0 Å². The molecule has 0 aliphatic carbocycles. The Kier molecular flexibility index (Phi) is 7.43. The van der Waals surface area contributed by atoms with Gasteiger partial charge in [0.2, 0.25) is 0 Å². The number of likely N-dealkylation sites (N-methyl/N-ethyl adjacent to an activating group) is 1. The van der Waals surface area contributed by atoms with E-state index in [1.165, 1.54) is 19.0 Å². The molecule has 0 aromatic heterocycles. The third-order valence-electron chi connectivity index (χ3n) is 2.42. The van der Waals surface area contributed by atoms with Gasteiger partial charge in [0.05, 0.1) is 0 Å². The van der Waals surface area contributed by atoms with Gasteiger partial charge in [0.1, 0.15) is 0 Å². The summed E-state index contributed by atoms with van der Waals surface area (Å²) in [5.41, 5.74) is 0. The summed E-state index contributed by atoms with van der Waals surface area (Å²) in [4.78, 5) is 4.41. The van der Waals surface area contributed by atoms with Crippen molar-refractivity contribution in [2.45, 2.75) is 25.6 Å². The van der Waals surface area contributed by atoms with E-state index >= 15 is 0 Å². The van der Waals surface area contributed by atoms with E-state index in [1.54, 1.807) is 0 Å². The van der Waals surface area contributed by atoms with Gasteiger partial charge in [-0.15, -0.1) is 0 Å². The van der Waals surface area contributed by atoms with Crippen LogP contribution in [0.4, 0.5) is 0 Å². The van der Waals surface area contributed by atoms with E-state index in [1.807, 2.05) is 0 Å². The molecular formula is C11H28N2OSi. The van der Waals surface area contributed by atoms with E-state index in [0.717, 1.165) is 13.2 Å². The molecule has 0 N–H and O–H groups in total. The maximum Gasteiger partial charge on any atom is 0.186 e. The maximum atomic E-state index is 6.00. The third-order valence-corrected chi connectivity index (χ3v) is 4.96. The van der Waals surface area contributed by atoms with Crippen LogP contribution in [0.25, 0.3) is 0 Å². The Bertz CT molecular complexity index is 145. The molecule has 0 saturated carbocycles. The van der Waals surface area contributed by atoms with Crippen molar-refractivity contribution in [2.24, 2.45) is 0 Å². The number of rotatable bonds is 8. The molecule has 0 aliphatic rings. The summed E-state index contributed by atoms with van der Waals surface area (Å²) in [6.45, 7) is 7.72. The van der Waals surface area contributed by atoms with Crippen molar-refractivity contribution in [1.29, 1.82) is 0 Å². The second kappa shape index (κ2) is 7.38. The van der Waals surface area contributed by atoms with Crippen molar-refractivity contribution in [3.05, 3.63) is 0 Å². The van der Waals surface area contributed by atoms with Crippen molar-refractivity contribution < 1.29 is 4.43 Å². The molecule has 0 rings (SSSR count). The highest BCUT2D eigenvalue weighted by Crippen LogP contribution is 2.13. The first-order valence-electron chi connectivity index (χ1n) is 5.77. The minimum absolute atomic E-state index is 0.883. The number of hydrogen-bond acceptors (Lipinski definition) is 3. The highest BCUT2D eigenvalue weighted by molar-refractivity contribution is 6.71. The van der Waals surface area contributed by atoms with E-state index < -0.39 is 8.32 Å². The molecule has 3 nitrogen and oxygen atoms in total. The summed E-state index contributed by atoms with van der Waals surface area (Å²) in [7, 11) is 7.04. The van der Waals surface area contributed by atoms with Gasteiger partial charge in [-0.25, -0.2) is 0 Å². The monoisotopic (exact) mass is 232 g/mol. The van der Waals surface area contributed by atoms with Crippen molar-refractivity contribution in [3.8, 4) is 0 Å². The van der Waals surface area contributed by atoms with Crippen LogP contribution >= 0.6 is 0 Å². The Labute approximate surface area is 96.5 Å². The van der Waals surface area contributed by atoms with E-state index in [4.69, 9.17) is 4.43 Å². The summed E-state index contributed by atoms with van der Waals surface area (Å²) < 4.78 is 6.00. The first kappa shape index (κ1) is 15.1. The molecule has 0 fully saturated rings. The fourth-order valence-corrected chi connectivity index (χ4v) is 3.20. The van der Waals surface area contributed by atoms with Crippen molar-refractivity contribution in [3.63, 3.8) is 0 Å². The predicted octanol–water partition coefficient (Wildman–Crippen LogP) is 1.72. The number of hydrogen-bond donors (Lipinski definition) is 0. The Hall–Kier alpha value is 0.0969. The van der Waals surface area contributed by atoms with Gasteiger partial charge in [0.25, 0.3) is 0 Å². The molecule has 0 saturated heterocycles. The van der Waals surface area contributed by atoms with E-state index in [2.05, 4.69) is 51.1 Å². The largest absolute Gasteiger partial charge is 0.416 e. The fraction of sp³-hybridized carbons (Fsp3) is 1.00. The molecule has 0 atom stereocenters. The van der Waals surface area contributed by atoms with Gasteiger partial charge in [-0.3, -0.25) is 0 Å². The number of nitrogens with zero attached hydrogens (tertiary/aromatic N) is 2. The van der Waals surface area contributed by atoms with Crippen LogP contribution < -0.4 is 0 Å². The van der Waals surface area contributed by atoms with Crippen LogP contribution in [0.1, 0.15) is 6.42 Å². The van der Waals surface area contributed by atoms with Crippen LogP contribution in [-0.4, -0.2) is 66.0 Å². The smallest absolute Gasteiger partial charge is 0.186 e. The van der Waals surface area contributed by atoms with Gasteiger partial charge in [0.15, 0.2) is 8.32 Å². The minimum Gasteiger partial charge on any atom is -0.416 e. The normalized spacial score (nSPS) is 12.8. The molecule has 0 aromatic rings. The molecule has 0 aliphatic heterocycles. The van der Waals surface area contributed by atoms with Crippen LogP contribution in [0, 0.1) is 0 Å². The van der Waals surface area contributed by atoms with Crippen LogP contribution in [0.5, 0.6) is 0 Å². The lowest BCUT2D eigenvalue weighted by Crippen LogP contribution is -2.34. The molecule has 0 heterocycles. The van der Waals surface area contributed by atoms with Gasteiger partial charge in [-0.1, -0.05) is 0 Å². The van der Waals surface area contributed by atoms with E-state index in [-0.39, 0.29) is 0 Å². The molecule has 15 heavy (non-hydrogen) atoms. The average Bonchev–Trinajstić information content (AvgIpc) is 2.01. The minimum atomic E-state index is -1.39. The van der Waals surface area contributed by atoms with Gasteiger partial charge in [0, 0.05) is 13.2 Å². The molecule has 0 spiro atoms. The summed E-state index contributed by atoms with van der Waals surface area (Å²) in [6.07, 6.45) is 1.26. The van der Waals surface area contributed by atoms with Crippen molar-refractivity contribution >= 4 is 8.32 Å². The van der Waals surface area contributed by atoms with Gasteiger partial charge in [-0.2, -0.15) is 0 Å². The predicted molar refractivity (Wildman–Crippen MR) is 70.0 cm³/mol. The Balaban J connectivity index is 3.57. The zero-order valence-corrected chi connectivity index (χ0v) is 12.3. The lowest BCUT2D eigenvalue weighted by molar-refractivity contribution is 0.252. The quantitative estimate of drug-likeness (QED) is 0.593. The second-order valence-electron chi connectivity index (χ2n) is 5.32. The fourth-order valence-electron chi connectivity index (χ4n) is 1.40. The molecule has 4 heteroatoms. The first-order chi connectivity index (χ1) is 6.83. The molecule has 0 bridgehead atoms. The lowest BCUT2D eigenvalue weighted by Gasteiger charge is -2.24. The SMILES string of the molecule is CN(C)CCC[Si](C)(C)OCCN(C)C. The van der Waals surface area contributed by atoms with Gasteiger partial charge >= 0.3 is 0 Å². The highest BCUT2D eigenvalue weighted by atomic mass is 28.4. The molecule has 0 aromatic carbocycles. The second-order valence-corrected chi connectivity index (χ2v) is 9.63. The van der Waals surface area contributed by atoms with Gasteiger partial charge < -0.3 is 14.2 Å². The first-order valence-corrected chi connectivity index (χ1v) is 8.88. The summed E-state index contributed by atoms with van der Waals surface area (Å²) in [5, 5.41) is 0. The van der Waals surface area contributed by atoms with Crippen molar-refractivity contribution in [2.75, 3.05) is 47.9 Å². The van der Waals surface area contributed by atoms with Crippen LogP contribution in [0.2, 0.25) is 19.1 Å². The maximum absolute atomic E-state index is 6.00. The molecule has 0 radical (unpaired) electrons. The Morgan fingerprint density at radius 1 is 0.933 bits per heavy atom. The summed E-state index contributed by atoms with van der Waals surface area (Å²) in [6, 6.07) is 1.26. The van der Waals surface area contributed by atoms with Crippen molar-refractivity contribution in [1.82, 2.24) is 9.80 Å². The summed E-state index contributed by atoms with van der Waals surface area (Å²) >= 11 is 0. The van der Waals surface area contributed by atoms with E-state index in [0.29, 0.717) is 0 Å². The zero-order valence-electron chi connectivity index (χ0n) is 11.3. The third kappa shape index (κ3) is 10.4. The highest BCUT2D eigenvalue weighted by Gasteiger charge is 2.21. The van der Waals surface area contributed by atoms with E-state index in [9.17, 15) is 0 Å². The summed E-state index contributed by atoms with van der Waals surface area (Å²) in [5.74, 6) is 0. The molecule has 0 unspecified atom stereocenters. The molecule has 92 valence electrons. The molecular weight excluding hydrogens is 204 g/mol. The Morgan fingerprint density at radius 2 is 1.47 bits per heavy atom. The van der Waals surface area contributed by atoms with Crippen LogP contribution in [0.15, 0.2) is 0 Å². The van der Waals surface area contributed by atoms with Gasteiger partial charge in [-0.05, 0) is 60.3 Å². The topological polar surface area (TPSA) is 15.7 Å². The average molecular weight is 232 g/mol.